The topological polar surface area (TPSA) is 118 Å². The summed E-state index contributed by atoms with van der Waals surface area (Å²) in [6.45, 7) is 0.495. The average molecular weight is 524 g/mol. The molecule has 4 rings (SSSR count). The second-order valence-electron chi connectivity index (χ2n) is 8.86. The SMILES string of the molecule is COCCNC(=O)C[C@@H]1C[C@H]2c3cc(NC(=O)Nc4ccc(C(F)(F)F)cc4)ccc3O[C@H]2[C@@H](CO)O1. The van der Waals surface area contributed by atoms with Gasteiger partial charge in [-0.2, -0.15) is 13.2 Å². The lowest BCUT2D eigenvalue weighted by Gasteiger charge is -2.37. The van der Waals surface area contributed by atoms with Crippen molar-refractivity contribution < 1.29 is 42.1 Å². The van der Waals surface area contributed by atoms with Crippen LogP contribution in [-0.2, 0) is 20.4 Å². The Bertz CT molecular complexity index is 1110. The molecule has 1 fully saturated rings. The maximum atomic E-state index is 12.7. The smallest absolute Gasteiger partial charge is 0.416 e. The summed E-state index contributed by atoms with van der Waals surface area (Å²) in [5, 5.41) is 17.8. The normalized spacial score (nSPS) is 22.4. The number of ether oxygens (including phenoxy) is 3. The van der Waals surface area contributed by atoms with Crippen LogP contribution in [-0.4, -0.2) is 62.2 Å². The van der Waals surface area contributed by atoms with Crippen LogP contribution >= 0.6 is 0 Å². The van der Waals surface area contributed by atoms with Crippen LogP contribution in [0.5, 0.6) is 5.75 Å². The zero-order chi connectivity index (χ0) is 26.6. The highest BCUT2D eigenvalue weighted by molar-refractivity contribution is 5.99. The molecule has 0 radical (unpaired) electrons. The predicted octanol–water partition coefficient (Wildman–Crippen LogP) is 3.50. The van der Waals surface area contributed by atoms with E-state index in [0.717, 1.165) is 17.7 Å². The second kappa shape index (κ2) is 11.4. The lowest BCUT2D eigenvalue weighted by molar-refractivity contribution is -0.142. The number of rotatable bonds is 8. The minimum atomic E-state index is -4.46. The number of alkyl halides is 3. The van der Waals surface area contributed by atoms with Gasteiger partial charge in [0.1, 0.15) is 18.0 Å². The Kier molecular flexibility index (Phi) is 8.20. The number of nitrogens with one attached hydrogen (secondary N) is 3. The summed E-state index contributed by atoms with van der Waals surface area (Å²) < 4.78 is 55.1. The molecule has 4 atom stereocenters. The number of benzene rings is 2. The van der Waals surface area contributed by atoms with Gasteiger partial charge < -0.3 is 35.3 Å². The molecule has 0 unspecified atom stereocenters. The van der Waals surface area contributed by atoms with Crippen molar-refractivity contribution in [3.05, 3.63) is 53.6 Å². The zero-order valence-corrected chi connectivity index (χ0v) is 20.0. The average Bonchev–Trinajstić information content (AvgIpc) is 3.21. The van der Waals surface area contributed by atoms with E-state index in [1.807, 2.05) is 0 Å². The fraction of sp³-hybridized carbons (Fsp3) is 0.440. The maximum Gasteiger partial charge on any atom is 0.416 e. The molecular formula is C25H28F3N3O6. The molecule has 1 saturated heterocycles. The third-order valence-electron chi connectivity index (χ3n) is 6.27. The summed E-state index contributed by atoms with van der Waals surface area (Å²) in [4.78, 5) is 24.7. The van der Waals surface area contributed by atoms with Crippen LogP contribution in [0.1, 0.15) is 29.9 Å². The van der Waals surface area contributed by atoms with Crippen LogP contribution < -0.4 is 20.7 Å². The number of halogens is 3. The molecule has 0 spiro atoms. The Labute approximate surface area is 211 Å². The fourth-order valence-electron chi connectivity index (χ4n) is 4.57. The molecule has 2 aliphatic heterocycles. The van der Waals surface area contributed by atoms with Crippen LogP contribution in [0.2, 0.25) is 0 Å². The molecule has 0 saturated carbocycles. The summed E-state index contributed by atoms with van der Waals surface area (Å²) in [5.74, 6) is 0.236. The Morgan fingerprint density at radius 1 is 1.11 bits per heavy atom. The molecule has 0 aliphatic carbocycles. The molecule has 0 bridgehead atoms. The monoisotopic (exact) mass is 523 g/mol. The molecule has 2 aliphatic rings. The van der Waals surface area contributed by atoms with Crippen LogP contribution in [0.3, 0.4) is 0 Å². The van der Waals surface area contributed by atoms with E-state index in [2.05, 4.69) is 16.0 Å². The number of aliphatic hydroxyl groups is 1. The molecular weight excluding hydrogens is 495 g/mol. The van der Waals surface area contributed by atoms with E-state index in [9.17, 15) is 27.9 Å². The molecule has 200 valence electrons. The second-order valence-corrected chi connectivity index (χ2v) is 8.86. The standard InChI is InChI=1S/C25H28F3N3O6/c1-35-9-8-29-22(33)12-17-11-19-18-10-16(6-7-20(18)37-23(19)21(13-32)36-17)31-24(34)30-15-4-2-14(3-5-15)25(26,27)28/h2-7,10,17,19,21,23,32H,8-9,11-13H2,1H3,(H,29,33)(H2,30,31,34)/t17-,19-,21+,23+/m0/s1. The predicted molar refractivity (Wildman–Crippen MR) is 128 cm³/mol. The van der Waals surface area contributed by atoms with Gasteiger partial charge in [0.2, 0.25) is 5.91 Å². The minimum absolute atomic E-state index is 0.117. The first-order valence-electron chi connectivity index (χ1n) is 11.8. The van der Waals surface area contributed by atoms with Crippen molar-refractivity contribution in [2.75, 3.05) is 37.5 Å². The molecule has 3 amide bonds. The van der Waals surface area contributed by atoms with Gasteiger partial charge in [-0.25, -0.2) is 4.79 Å². The van der Waals surface area contributed by atoms with Gasteiger partial charge in [0.25, 0.3) is 0 Å². The van der Waals surface area contributed by atoms with Crippen molar-refractivity contribution >= 4 is 23.3 Å². The largest absolute Gasteiger partial charge is 0.487 e. The highest BCUT2D eigenvalue weighted by Gasteiger charge is 2.46. The number of amides is 3. The number of carbonyl (C=O) groups excluding carboxylic acids is 2. The van der Waals surface area contributed by atoms with Crippen LogP contribution in [0.25, 0.3) is 0 Å². The number of carbonyl (C=O) groups is 2. The van der Waals surface area contributed by atoms with Crippen LogP contribution in [0, 0.1) is 0 Å². The number of urea groups is 1. The lowest BCUT2D eigenvalue weighted by Crippen LogP contribution is -2.47. The first-order valence-corrected chi connectivity index (χ1v) is 11.8. The van der Waals surface area contributed by atoms with E-state index in [1.54, 1.807) is 25.3 Å². The number of hydrogen-bond donors (Lipinski definition) is 4. The summed E-state index contributed by atoms with van der Waals surface area (Å²) in [7, 11) is 1.54. The van der Waals surface area contributed by atoms with Crippen molar-refractivity contribution in [1.82, 2.24) is 5.32 Å². The van der Waals surface area contributed by atoms with E-state index >= 15 is 0 Å². The van der Waals surface area contributed by atoms with Gasteiger partial charge in [0.05, 0.1) is 31.3 Å². The number of aliphatic hydroxyl groups excluding tert-OH is 1. The Morgan fingerprint density at radius 2 is 1.81 bits per heavy atom. The van der Waals surface area contributed by atoms with Crippen molar-refractivity contribution in [1.29, 1.82) is 0 Å². The maximum absolute atomic E-state index is 12.7. The van der Waals surface area contributed by atoms with Crippen LogP contribution in [0.15, 0.2) is 42.5 Å². The molecule has 12 heteroatoms. The Balaban J connectivity index is 1.41. The summed E-state index contributed by atoms with van der Waals surface area (Å²) in [5.41, 5.74) is 0.657. The Morgan fingerprint density at radius 3 is 2.49 bits per heavy atom. The van der Waals surface area contributed by atoms with Gasteiger partial charge >= 0.3 is 12.2 Å². The summed E-state index contributed by atoms with van der Waals surface area (Å²) in [6, 6.07) is 8.58. The van der Waals surface area contributed by atoms with Gasteiger partial charge in [-0.1, -0.05) is 0 Å². The van der Waals surface area contributed by atoms with E-state index in [4.69, 9.17) is 14.2 Å². The summed E-state index contributed by atoms with van der Waals surface area (Å²) >= 11 is 0. The van der Waals surface area contributed by atoms with Crippen LogP contribution in [0.4, 0.5) is 29.3 Å². The number of hydrogen-bond acceptors (Lipinski definition) is 6. The van der Waals surface area contributed by atoms with E-state index in [0.29, 0.717) is 31.0 Å². The van der Waals surface area contributed by atoms with Crippen molar-refractivity contribution in [2.45, 2.75) is 43.2 Å². The molecule has 9 nitrogen and oxygen atoms in total. The van der Waals surface area contributed by atoms with E-state index < -0.39 is 36.1 Å². The molecule has 0 aromatic heterocycles. The molecule has 4 N–H and O–H groups in total. The number of fused-ring (bicyclic) bond motifs is 3. The van der Waals surface area contributed by atoms with E-state index in [-0.39, 0.29) is 30.5 Å². The zero-order valence-electron chi connectivity index (χ0n) is 20.0. The van der Waals surface area contributed by atoms with Gasteiger partial charge in [0.15, 0.2) is 0 Å². The minimum Gasteiger partial charge on any atom is -0.487 e. The molecule has 2 aromatic carbocycles. The first kappa shape index (κ1) is 26.7. The molecule has 2 aromatic rings. The molecule has 2 heterocycles. The van der Waals surface area contributed by atoms with Crippen molar-refractivity contribution in [3.8, 4) is 5.75 Å². The quantitative estimate of drug-likeness (QED) is 0.394. The highest BCUT2D eigenvalue weighted by Crippen LogP contribution is 2.47. The van der Waals surface area contributed by atoms with E-state index in [1.165, 1.54) is 12.1 Å². The van der Waals surface area contributed by atoms with Gasteiger partial charge in [-0.3, -0.25) is 4.79 Å². The fourth-order valence-corrected chi connectivity index (χ4v) is 4.57. The lowest BCUT2D eigenvalue weighted by atomic mass is 9.84. The Hall–Kier alpha value is -3.35. The van der Waals surface area contributed by atoms with Gasteiger partial charge in [0, 0.05) is 36.5 Å². The third-order valence-corrected chi connectivity index (χ3v) is 6.27. The molecule has 37 heavy (non-hydrogen) atoms. The van der Waals surface area contributed by atoms with Crippen molar-refractivity contribution in [2.24, 2.45) is 0 Å². The third kappa shape index (κ3) is 6.51. The van der Waals surface area contributed by atoms with Gasteiger partial charge in [-0.05, 0) is 48.9 Å². The first-order chi connectivity index (χ1) is 17.7. The highest BCUT2D eigenvalue weighted by atomic mass is 19.4. The number of methoxy groups -OCH3 is 1. The number of anilines is 2. The van der Waals surface area contributed by atoms with Crippen molar-refractivity contribution in [3.63, 3.8) is 0 Å². The van der Waals surface area contributed by atoms with Gasteiger partial charge in [-0.15, -0.1) is 0 Å². The summed E-state index contributed by atoms with van der Waals surface area (Å²) in [6.07, 6.45) is -5.36.